The normalized spacial score (nSPS) is 9.47. The first kappa shape index (κ1) is 12.6. The van der Waals surface area contributed by atoms with Gasteiger partial charge >= 0.3 is 5.97 Å². The minimum atomic E-state index is -1.00. The van der Waals surface area contributed by atoms with Crippen LogP contribution in [0.4, 0.5) is 0 Å². The Bertz CT molecular complexity index is 608. The van der Waals surface area contributed by atoms with Gasteiger partial charge < -0.3 is 5.11 Å². The van der Waals surface area contributed by atoms with Crippen molar-refractivity contribution >= 4 is 17.0 Å². The highest BCUT2D eigenvalue weighted by Gasteiger charge is 1.98. The van der Waals surface area contributed by atoms with Crippen LogP contribution in [0.15, 0.2) is 55.4 Å². The molecule has 0 aliphatic rings. The van der Waals surface area contributed by atoms with Crippen LogP contribution in [0.25, 0.3) is 11.0 Å². The van der Waals surface area contributed by atoms with Gasteiger partial charge in [-0.3, -0.25) is 9.97 Å². The molecule has 1 N–H and O–H groups in total. The van der Waals surface area contributed by atoms with E-state index in [-0.39, 0.29) is 5.56 Å². The number of fused-ring (bicyclic) bond motifs is 1. The lowest BCUT2D eigenvalue weighted by molar-refractivity contribution is 0.0696. The largest absolute Gasteiger partial charge is 0.478 e. The highest BCUT2D eigenvalue weighted by Crippen LogP contribution is 2.04. The van der Waals surface area contributed by atoms with Crippen LogP contribution in [0, 0.1) is 0 Å². The number of nitrogens with zero attached hydrogens (tertiary/aromatic N) is 4. The van der Waals surface area contributed by atoms with Crippen LogP contribution >= 0.6 is 0 Å². The molecule has 0 aliphatic heterocycles. The molecule has 0 bridgehead atoms. The molecule has 0 radical (unpaired) electrons. The van der Waals surface area contributed by atoms with Crippen molar-refractivity contribution < 1.29 is 9.90 Å². The molecule has 3 aromatic rings. The van der Waals surface area contributed by atoms with E-state index in [1.807, 2.05) is 24.3 Å². The Balaban J connectivity index is 0.000000141. The summed E-state index contributed by atoms with van der Waals surface area (Å²) in [6.45, 7) is 0. The second kappa shape index (κ2) is 6.15. The van der Waals surface area contributed by atoms with E-state index in [2.05, 4.69) is 19.9 Å². The average molecular weight is 254 g/mol. The van der Waals surface area contributed by atoms with E-state index in [0.29, 0.717) is 0 Å². The molecule has 6 heteroatoms. The Morgan fingerprint density at radius 1 is 0.947 bits per heavy atom. The van der Waals surface area contributed by atoms with E-state index >= 15 is 0 Å². The number of carbonyl (C=O) groups is 1. The summed E-state index contributed by atoms with van der Waals surface area (Å²) in [5.41, 5.74) is 2.01. The van der Waals surface area contributed by atoms with Gasteiger partial charge in [-0.15, -0.1) is 0 Å². The van der Waals surface area contributed by atoms with Crippen LogP contribution < -0.4 is 0 Å². The molecule has 94 valence electrons. The molecule has 6 nitrogen and oxygen atoms in total. The standard InChI is InChI=1S/C8H6N2.C5H4N2O2/c1-2-4-8-7(3-1)9-5-6-10-8;8-5(9)4-1-6-3-7-2-4/h1-6H;1-3H,(H,8,9). The number of hydrogen-bond donors (Lipinski definition) is 1. The Morgan fingerprint density at radius 2 is 1.47 bits per heavy atom. The van der Waals surface area contributed by atoms with Crippen LogP contribution in [0.5, 0.6) is 0 Å². The fourth-order valence-corrected chi connectivity index (χ4v) is 1.32. The van der Waals surface area contributed by atoms with Crippen molar-refractivity contribution in [3.63, 3.8) is 0 Å². The second-order valence-electron chi connectivity index (χ2n) is 3.48. The molecule has 2 aromatic heterocycles. The molecular weight excluding hydrogens is 244 g/mol. The van der Waals surface area contributed by atoms with Gasteiger partial charge in [-0.1, -0.05) is 12.1 Å². The number of rotatable bonds is 1. The van der Waals surface area contributed by atoms with E-state index in [0.717, 1.165) is 11.0 Å². The van der Waals surface area contributed by atoms with Gasteiger partial charge in [-0.2, -0.15) is 0 Å². The summed E-state index contributed by atoms with van der Waals surface area (Å²) in [5, 5.41) is 8.30. The van der Waals surface area contributed by atoms with E-state index in [4.69, 9.17) is 5.11 Å². The second-order valence-corrected chi connectivity index (χ2v) is 3.48. The predicted molar refractivity (Wildman–Crippen MR) is 68.5 cm³/mol. The number of carboxylic acid groups (broad SMARTS) is 1. The summed E-state index contributed by atoms with van der Waals surface area (Å²) < 4.78 is 0. The lowest BCUT2D eigenvalue weighted by atomic mass is 10.3. The quantitative estimate of drug-likeness (QED) is 0.712. The maximum atomic E-state index is 10.1. The Labute approximate surface area is 108 Å². The van der Waals surface area contributed by atoms with Crippen LogP contribution in [0.2, 0.25) is 0 Å². The van der Waals surface area contributed by atoms with Crippen molar-refractivity contribution in [2.24, 2.45) is 0 Å². The van der Waals surface area contributed by atoms with Gasteiger partial charge in [0.15, 0.2) is 0 Å². The van der Waals surface area contributed by atoms with Crippen molar-refractivity contribution in [1.29, 1.82) is 0 Å². The van der Waals surface area contributed by atoms with Gasteiger partial charge in [0.2, 0.25) is 0 Å². The van der Waals surface area contributed by atoms with Crippen molar-refractivity contribution in [2.45, 2.75) is 0 Å². The summed E-state index contributed by atoms with van der Waals surface area (Å²) in [6.07, 6.45) is 7.17. The zero-order chi connectivity index (χ0) is 13.5. The molecule has 2 heterocycles. The Hall–Kier alpha value is -2.89. The van der Waals surface area contributed by atoms with Crippen LogP contribution in [0.1, 0.15) is 10.4 Å². The van der Waals surface area contributed by atoms with Crippen molar-refractivity contribution in [1.82, 2.24) is 19.9 Å². The van der Waals surface area contributed by atoms with Gasteiger partial charge in [0, 0.05) is 24.8 Å². The first-order valence-electron chi connectivity index (χ1n) is 5.41. The fraction of sp³-hybridized carbons (Fsp3) is 0. The smallest absolute Gasteiger partial charge is 0.338 e. The maximum Gasteiger partial charge on any atom is 0.338 e. The minimum Gasteiger partial charge on any atom is -0.478 e. The Morgan fingerprint density at radius 3 is 1.89 bits per heavy atom. The van der Waals surface area contributed by atoms with Crippen molar-refractivity contribution in [3.8, 4) is 0 Å². The molecule has 0 fully saturated rings. The highest BCUT2D eigenvalue weighted by molar-refractivity contribution is 5.86. The molecule has 0 atom stereocenters. The van der Waals surface area contributed by atoms with E-state index in [9.17, 15) is 4.79 Å². The van der Waals surface area contributed by atoms with Crippen LogP contribution in [0.3, 0.4) is 0 Å². The maximum absolute atomic E-state index is 10.1. The third kappa shape index (κ3) is 3.53. The van der Waals surface area contributed by atoms with Gasteiger partial charge in [-0.05, 0) is 12.1 Å². The zero-order valence-corrected chi connectivity index (χ0v) is 9.84. The fourth-order valence-electron chi connectivity index (χ4n) is 1.32. The van der Waals surface area contributed by atoms with Gasteiger partial charge in [-0.25, -0.2) is 14.8 Å². The predicted octanol–water partition coefficient (Wildman–Crippen LogP) is 1.80. The minimum absolute atomic E-state index is 0.109. The monoisotopic (exact) mass is 254 g/mol. The number of para-hydroxylation sites is 2. The lowest BCUT2D eigenvalue weighted by Crippen LogP contribution is -1.96. The van der Waals surface area contributed by atoms with Crippen LogP contribution in [-0.2, 0) is 0 Å². The van der Waals surface area contributed by atoms with E-state index < -0.39 is 5.97 Å². The number of hydrogen-bond acceptors (Lipinski definition) is 5. The summed E-state index contributed by atoms with van der Waals surface area (Å²) >= 11 is 0. The van der Waals surface area contributed by atoms with E-state index in [1.165, 1.54) is 18.7 Å². The summed E-state index contributed by atoms with van der Waals surface area (Å²) in [6, 6.07) is 7.80. The first-order valence-corrected chi connectivity index (χ1v) is 5.41. The molecule has 0 saturated carbocycles. The zero-order valence-electron chi connectivity index (χ0n) is 9.84. The molecular formula is C13H10N4O2. The Kier molecular flexibility index (Phi) is 4.07. The first-order chi connectivity index (χ1) is 9.27. The topological polar surface area (TPSA) is 88.9 Å². The molecule has 0 amide bonds. The van der Waals surface area contributed by atoms with Gasteiger partial charge in [0.25, 0.3) is 0 Å². The number of aromatic nitrogens is 4. The van der Waals surface area contributed by atoms with Crippen LogP contribution in [-0.4, -0.2) is 31.0 Å². The average Bonchev–Trinajstić information content (AvgIpc) is 2.49. The molecule has 19 heavy (non-hydrogen) atoms. The number of carboxylic acids is 1. The van der Waals surface area contributed by atoms with Gasteiger partial charge in [0.1, 0.15) is 6.33 Å². The highest BCUT2D eigenvalue weighted by atomic mass is 16.4. The third-order valence-electron chi connectivity index (χ3n) is 2.18. The molecule has 0 saturated heterocycles. The molecule has 0 spiro atoms. The number of aromatic carboxylic acids is 1. The third-order valence-corrected chi connectivity index (χ3v) is 2.18. The molecule has 0 unspecified atom stereocenters. The molecule has 0 aliphatic carbocycles. The SMILES string of the molecule is O=C(O)c1cncnc1.c1ccc2nccnc2c1. The summed E-state index contributed by atoms with van der Waals surface area (Å²) in [4.78, 5) is 25.4. The number of benzene rings is 1. The molecule has 3 rings (SSSR count). The molecule has 1 aromatic carbocycles. The van der Waals surface area contributed by atoms with Crippen molar-refractivity contribution in [3.05, 3.63) is 60.9 Å². The van der Waals surface area contributed by atoms with Gasteiger partial charge in [0.05, 0.1) is 16.6 Å². The summed E-state index contributed by atoms with van der Waals surface area (Å²) in [7, 11) is 0. The lowest BCUT2D eigenvalue weighted by Gasteiger charge is -1.90. The summed E-state index contributed by atoms with van der Waals surface area (Å²) in [5.74, 6) is -1.00. The van der Waals surface area contributed by atoms with E-state index in [1.54, 1.807) is 12.4 Å². The van der Waals surface area contributed by atoms with Crippen molar-refractivity contribution in [2.75, 3.05) is 0 Å².